The van der Waals surface area contributed by atoms with E-state index in [0.717, 1.165) is 19.3 Å². The third-order valence-electron chi connectivity index (χ3n) is 9.86. The van der Waals surface area contributed by atoms with Crippen LogP contribution in [-0.2, 0) is 4.79 Å². The standard InChI is InChI=1S/C27H42O3/c1-17(2)24(28)11-6-18(3)21-9-10-22-20-8-7-19-16-27(29,30)15-14-25(19,4)23(20)12-13-26(21,22)5/h7-8,17-18,21-23,29-30H,6,9-16H2,1-5H3/t18-,21-,22+,23+,25+,26-/m1/s1. The van der Waals surface area contributed by atoms with Crippen molar-refractivity contribution >= 4 is 5.78 Å². The molecule has 3 heteroatoms. The third-order valence-corrected chi connectivity index (χ3v) is 9.86. The Morgan fingerprint density at radius 2 is 1.77 bits per heavy atom. The van der Waals surface area contributed by atoms with Crippen molar-refractivity contribution < 1.29 is 15.0 Å². The van der Waals surface area contributed by atoms with Gasteiger partial charge in [0.2, 0.25) is 0 Å². The number of hydrogen-bond donors (Lipinski definition) is 2. The van der Waals surface area contributed by atoms with E-state index in [4.69, 9.17) is 0 Å². The van der Waals surface area contributed by atoms with Crippen molar-refractivity contribution in [2.75, 3.05) is 0 Å². The van der Waals surface area contributed by atoms with Crippen molar-refractivity contribution in [1.82, 2.24) is 0 Å². The highest BCUT2D eigenvalue weighted by atomic mass is 16.5. The van der Waals surface area contributed by atoms with E-state index in [2.05, 4.69) is 32.9 Å². The van der Waals surface area contributed by atoms with Crippen molar-refractivity contribution in [2.24, 2.45) is 40.4 Å². The summed E-state index contributed by atoms with van der Waals surface area (Å²) in [6.45, 7) is 11.3. The van der Waals surface area contributed by atoms with Crippen LogP contribution in [0.1, 0.15) is 92.4 Å². The molecule has 0 unspecified atom stereocenters. The van der Waals surface area contributed by atoms with Gasteiger partial charge < -0.3 is 10.2 Å². The molecular weight excluding hydrogens is 372 g/mol. The van der Waals surface area contributed by atoms with Crippen LogP contribution in [0.3, 0.4) is 0 Å². The molecule has 3 fully saturated rings. The fourth-order valence-corrected chi connectivity index (χ4v) is 7.81. The topological polar surface area (TPSA) is 57.5 Å². The molecule has 4 aliphatic rings. The van der Waals surface area contributed by atoms with Gasteiger partial charge in [-0.1, -0.05) is 57.9 Å². The van der Waals surface area contributed by atoms with E-state index in [0.29, 0.717) is 47.7 Å². The van der Waals surface area contributed by atoms with Crippen LogP contribution >= 0.6 is 0 Å². The molecule has 3 nitrogen and oxygen atoms in total. The number of fused-ring (bicyclic) bond motifs is 5. The molecule has 2 N–H and O–H groups in total. The lowest BCUT2D eigenvalue weighted by molar-refractivity contribution is -0.183. The predicted molar refractivity (Wildman–Crippen MR) is 121 cm³/mol. The van der Waals surface area contributed by atoms with Gasteiger partial charge in [-0.2, -0.15) is 0 Å². The molecule has 0 radical (unpaired) electrons. The van der Waals surface area contributed by atoms with Crippen molar-refractivity contribution in [2.45, 2.75) is 98.2 Å². The van der Waals surface area contributed by atoms with E-state index in [1.165, 1.54) is 31.3 Å². The molecule has 4 rings (SSSR count). The second-order valence-electron chi connectivity index (χ2n) is 11.9. The molecule has 0 saturated heterocycles. The molecule has 0 aromatic carbocycles. The summed E-state index contributed by atoms with van der Waals surface area (Å²) in [5.41, 5.74) is 3.32. The maximum absolute atomic E-state index is 12.2. The molecule has 0 spiro atoms. The number of ketones is 1. The summed E-state index contributed by atoms with van der Waals surface area (Å²) in [7, 11) is 0. The van der Waals surface area contributed by atoms with Crippen LogP contribution in [-0.4, -0.2) is 21.8 Å². The summed E-state index contributed by atoms with van der Waals surface area (Å²) in [5.74, 6) is 1.55. The number of Topliss-reactive ketones (excluding diaryl/α,β-unsaturated/α-hetero) is 1. The Bertz CT molecular complexity index is 760. The Balaban J connectivity index is 1.54. The van der Waals surface area contributed by atoms with Crippen LogP contribution in [0.2, 0.25) is 0 Å². The molecule has 0 amide bonds. The number of carbonyl (C=O) groups excluding carboxylic acids is 1. The highest BCUT2D eigenvalue weighted by molar-refractivity contribution is 5.80. The highest BCUT2D eigenvalue weighted by Gasteiger charge is 2.57. The van der Waals surface area contributed by atoms with Crippen LogP contribution in [0.5, 0.6) is 0 Å². The third kappa shape index (κ3) is 3.54. The van der Waals surface area contributed by atoms with Gasteiger partial charge in [0.05, 0.1) is 0 Å². The Morgan fingerprint density at radius 3 is 2.47 bits per heavy atom. The van der Waals surface area contributed by atoms with Gasteiger partial charge >= 0.3 is 0 Å². The monoisotopic (exact) mass is 414 g/mol. The van der Waals surface area contributed by atoms with Gasteiger partial charge in [0.25, 0.3) is 0 Å². The zero-order valence-corrected chi connectivity index (χ0v) is 19.7. The summed E-state index contributed by atoms with van der Waals surface area (Å²) in [6.07, 6.45) is 13.1. The van der Waals surface area contributed by atoms with E-state index in [1.54, 1.807) is 5.57 Å². The molecule has 0 bridgehead atoms. The first-order chi connectivity index (χ1) is 14.0. The molecule has 4 aliphatic carbocycles. The SMILES string of the molecule is CC(C)C(=O)CC[C@@H](C)[C@H]1CC[C@H]2C3=CC=C4CC(O)(O)CC[C@]4(C)[C@H]3CC[C@]12C. The predicted octanol–water partition coefficient (Wildman–Crippen LogP) is 5.81. The summed E-state index contributed by atoms with van der Waals surface area (Å²) in [6, 6.07) is 0. The Kier molecular flexibility index (Phi) is 5.63. The Morgan fingerprint density at radius 1 is 1.03 bits per heavy atom. The lowest BCUT2D eigenvalue weighted by atomic mass is 9.49. The normalized spacial score (nSPS) is 40.7. The van der Waals surface area contributed by atoms with E-state index in [9.17, 15) is 15.0 Å². The minimum Gasteiger partial charge on any atom is -0.365 e. The fourth-order valence-electron chi connectivity index (χ4n) is 7.81. The first-order valence-electron chi connectivity index (χ1n) is 12.4. The van der Waals surface area contributed by atoms with Crippen molar-refractivity contribution in [1.29, 1.82) is 0 Å². The van der Waals surface area contributed by atoms with E-state index < -0.39 is 5.79 Å². The zero-order valence-electron chi connectivity index (χ0n) is 19.7. The average molecular weight is 415 g/mol. The number of carbonyl (C=O) groups is 1. The Hall–Kier alpha value is -0.930. The van der Waals surface area contributed by atoms with Crippen LogP contribution in [0.15, 0.2) is 23.3 Å². The van der Waals surface area contributed by atoms with Crippen molar-refractivity contribution in [3.05, 3.63) is 23.3 Å². The minimum atomic E-state index is -1.53. The number of aliphatic hydroxyl groups is 2. The van der Waals surface area contributed by atoms with Gasteiger partial charge in [-0.15, -0.1) is 0 Å². The van der Waals surface area contributed by atoms with Gasteiger partial charge in [-0.3, -0.25) is 4.79 Å². The van der Waals surface area contributed by atoms with Gasteiger partial charge in [-0.05, 0) is 73.0 Å². The van der Waals surface area contributed by atoms with Crippen LogP contribution < -0.4 is 0 Å². The van der Waals surface area contributed by atoms with Gasteiger partial charge in [0.1, 0.15) is 5.78 Å². The summed E-state index contributed by atoms with van der Waals surface area (Å²) < 4.78 is 0. The molecule has 30 heavy (non-hydrogen) atoms. The Labute approximate surface area is 183 Å². The quantitative estimate of drug-likeness (QED) is 0.558. The molecule has 3 saturated carbocycles. The molecule has 6 atom stereocenters. The number of rotatable bonds is 5. The van der Waals surface area contributed by atoms with Crippen molar-refractivity contribution in [3.63, 3.8) is 0 Å². The second kappa shape index (κ2) is 7.59. The highest BCUT2D eigenvalue weighted by Crippen LogP contribution is 2.66. The minimum absolute atomic E-state index is 0.0910. The molecule has 0 aliphatic heterocycles. The van der Waals surface area contributed by atoms with Gasteiger partial charge in [0, 0.05) is 25.2 Å². The van der Waals surface area contributed by atoms with E-state index >= 15 is 0 Å². The molecule has 0 aromatic rings. The number of hydrogen-bond acceptors (Lipinski definition) is 3. The average Bonchev–Trinajstić information content (AvgIpc) is 3.03. The van der Waals surface area contributed by atoms with E-state index in [1.807, 2.05) is 13.8 Å². The van der Waals surface area contributed by atoms with Gasteiger partial charge in [0.15, 0.2) is 5.79 Å². The lowest BCUT2D eigenvalue weighted by Crippen LogP contribution is -2.48. The van der Waals surface area contributed by atoms with Crippen LogP contribution in [0.25, 0.3) is 0 Å². The first kappa shape index (κ1) is 22.3. The summed E-state index contributed by atoms with van der Waals surface area (Å²) >= 11 is 0. The van der Waals surface area contributed by atoms with Crippen molar-refractivity contribution in [3.8, 4) is 0 Å². The molecule has 0 heterocycles. The smallest absolute Gasteiger partial charge is 0.166 e. The molecular formula is C27H42O3. The maximum Gasteiger partial charge on any atom is 0.166 e. The fraction of sp³-hybridized carbons (Fsp3) is 0.815. The summed E-state index contributed by atoms with van der Waals surface area (Å²) in [5, 5.41) is 20.4. The molecule has 168 valence electrons. The second-order valence-corrected chi connectivity index (χ2v) is 11.9. The summed E-state index contributed by atoms with van der Waals surface area (Å²) in [4.78, 5) is 12.2. The maximum atomic E-state index is 12.2. The van der Waals surface area contributed by atoms with Gasteiger partial charge in [-0.25, -0.2) is 0 Å². The zero-order chi connectivity index (χ0) is 21.9. The first-order valence-corrected chi connectivity index (χ1v) is 12.4. The van der Waals surface area contributed by atoms with E-state index in [-0.39, 0.29) is 11.3 Å². The van der Waals surface area contributed by atoms with Crippen LogP contribution in [0, 0.1) is 40.4 Å². The molecule has 0 aromatic heterocycles. The largest absolute Gasteiger partial charge is 0.365 e. The lowest BCUT2D eigenvalue weighted by Gasteiger charge is -2.55. The van der Waals surface area contributed by atoms with Crippen LogP contribution in [0.4, 0.5) is 0 Å². The number of allylic oxidation sites excluding steroid dienone is 3.